The summed E-state index contributed by atoms with van der Waals surface area (Å²) in [4.78, 5) is 111. The number of hydrogen-bond donors (Lipinski definition) is 4. The van der Waals surface area contributed by atoms with Crippen molar-refractivity contribution in [2.45, 2.75) is 182 Å². The molecular formula is C38H64N4O9. The minimum Gasteiger partial charge on any atom is -0.353 e. The quantitative estimate of drug-likeness (QED) is 0.0787. The fourth-order valence-corrected chi connectivity index (χ4v) is 5.71. The van der Waals surface area contributed by atoms with E-state index in [2.05, 4.69) is 28.2 Å². The molecule has 0 aromatic carbocycles. The van der Waals surface area contributed by atoms with Crippen molar-refractivity contribution < 1.29 is 43.2 Å². The Kier molecular flexibility index (Phi) is 25.0. The number of rotatable bonds is 30. The summed E-state index contributed by atoms with van der Waals surface area (Å²) in [6.07, 6.45) is 5.34. The van der Waals surface area contributed by atoms with E-state index < -0.39 is 29.9 Å². The third-order valence-electron chi connectivity index (χ3n) is 8.50. The Hall–Kier alpha value is -3.77. The monoisotopic (exact) mass is 720 g/mol. The van der Waals surface area contributed by atoms with Gasteiger partial charge in [0.2, 0.25) is 23.6 Å². The number of nitrogens with one attached hydrogen (secondary N) is 4. The highest BCUT2D eigenvalue weighted by Gasteiger charge is 2.25. The van der Waals surface area contributed by atoms with Gasteiger partial charge in [-0.3, -0.25) is 24.0 Å². The second kappa shape index (κ2) is 27.0. The summed E-state index contributed by atoms with van der Waals surface area (Å²) < 4.78 is 0. The van der Waals surface area contributed by atoms with Gasteiger partial charge in [-0.05, 0) is 72.6 Å². The standard InChI is InChI=1S/C38H64N4O9/c1-8-9-10-11-31(21-30(7)47)39-36(49)23-33(18-15-28(5)45)41-38(51)24-34(19-16-29(6)46)42-37(50)22-32(17-14-27(4)44)40-35(48)20-25(2)12-13-26(3)43/h25,31-34H,8-24H2,1-7H3,(H,39,49)(H,40,48)(H,41,51)(H,42,50). The fourth-order valence-electron chi connectivity index (χ4n) is 5.71. The molecule has 0 rings (SSSR count). The molecule has 4 amide bonds. The van der Waals surface area contributed by atoms with Gasteiger partial charge in [0.15, 0.2) is 0 Å². The normalized spacial score (nSPS) is 13.9. The van der Waals surface area contributed by atoms with E-state index in [4.69, 9.17) is 0 Å². The third kappa shape index (κ3) is 27.6. The van der Waals surface area contributed by atoms with Crippen LogP contribution in [0, 0.1) is 5.92 Å². The first-order valence-corrected chi connectivity index (χ1v) is 18.5. The molecule has 0 spiro atoms. The topological polar surface area (TPSA) is 202 Å². The molecule has 51 heavy (non-hydrogen) atoms. The van der Waals surface area contributed by atoms with Gasteiger partial charge in [0.05, 0.1) is 0 Å². The van der Waals surface area contributed by atoms with Gasteiger partial charge in [0.25, 0.3) is 0 Å². The van der Waals surface area contributed by atoms with Gasteiger partial charge in [0, 0.05) is 82.0 Å². The maximum atomic E-state index is 13.3. The van der Waals surface area contributed by atoms with Crippen LogP contribution in [0.3, 0.4) is 0 Å². The van der Waals surface area contributed by atoms with Crippen molar-refractivity contribution in [3.63, 3.8) is 0 Å². The van der Waals surface area contributed by atoms with E-state index in [0.717, 1.165) is 19.3 Å². The van der Waals surface area contributed by atoms with E-state index >= 15 is 0 Å². The Morgan fingerprint density at radius 1 is 0.392 bits per heavy atom. The van der Waals surface area contributed by atoms with Crippen molar-refractivity contribution in [3.05, 3.63) is 0 Å². The zero-order valence-electron chi connectivity index (χ0n) is 32.1. The molecule has 13 nitrogen and oxygen atoms in total. The van der Waals surface area contributed by atoms with Gasteiger partial charge in [-0.1, -0.05) is 33.1 Å². The van der Waals surface area contributed by atoms with Crippen molar-refractivity contribution in [2.75, 3.05) is 0 Å². The van der Waals surface area contributed by atoms with Crippen LogP contribution >= 0.6 is 0 Å². The third-order valence-corrected chi connectivity index (χ3v) is 8.50. The first kappa shape index (κ1) is 47.2. The molecule has 0 heterocycles. The van der Waals surface area contributed by atoms with Gasteiger partial charge >= 0.3 is 0 Å². The zero-order valence-corrected chi connectivity index (χ0v) is 32.1. The highest BCUT2D eigenvalue weighted by atomic mass is 16.2. The van der Waals surface area contributed by atoms with Crippen LogP contribution in [-0.2, 0) is 43.2 Å². The lowest BCUT2D eigenvalue weighted by molar-refractivity contribution is -0.127. The van der Waals surface area contributed by atoms with Crippen LogP contribution in [-0.4, -0.2) is 76.7 Å². The van der Waals surface area contributed by atoms with E-state index in [1.165, 1.54) is 34.6 Å². The van der Waals surface area contributed by atoms with Crippen molar-refractivity contribution in [2.24, 2.45) is 5.92 Å². The fraction of sp³-hybridized carbons (Fsp3) is 0.763. The number of Topliss-reactive ketones (excluding diaryl/α,β-unsaturated/α-hetero) is 5. The summed E-state index contributed by atoms with van der Waals surface area (Å²) >= 11 is 0. The second-order valence-electron chi connectivity index (χ2n) is 14.3. The maximum absolute atomic E-state index is 13.3. The molecule has 0 radical (unpaired) electrons. The van der Waals surface area contributed by atoms with Gasteiger partial charge in [-0.15, -0.1) is 0 Å². The molecule has 0 aliphatic heterocycles. The Labute approximate surface area is 304 Å². The van der Waals surface area contributed by atoms with Crippen molar-refractivity contribution >= 4 is 52.5 Å². The summed E-state index contributed by atoms with van der Waals surface area (Å²) in [5.41, 5.74) is 0. The molecule has 0 aliphatic rings. The number of ketones is 5. The number of carbonyl (C=O) groups excluding carboxylic acids is 9. The van der Waals surface area contributed by atoms with E-state index in [9.17, 15) is 43.2 Å². The minimum absolute atomic E-state index is 0.0378. The van der Waals surface area contributed by atoms with Gasteiger partial charge in [-0.25, -0.2) is 0 Å². The Morgan fingerprint density at radius 2 is 0.706 bits per heavy atom. The molecule has 0 aromatic rings. The summed E-state index contributed by atoms with van der Waals surface area (Å²) in [6.45, 7) is 11.1. The first-order valence-electron chi connectivity index (χ1n) is 18.5. The molecule has 0 fully saturated rings. The van der Waals surface area contributed by atoms with Crippen LogP contribution in [0.2, 0.25) is 0 Å². The van der Waals surface area contributed by atoms with Gasteiger partial charge < -0.3 is 40.4 Å². The number of hydrogen-bond acceptors (Lipinski definition) is 9. The van der Waals surface area contributed by atoms with Crippen molar-refractivity contribution in [1.29, 1.82) is 0 Å². The number of amides is 4. The predicted molar refractivity (Wildman–Crippen MR) is 194 cm³/mol. The van der Waals surface area contributed by atoms with E-state index in [1.54, 1.807) is 0 Å². The highest BCUT2D eigenvalue weighted by Crippen LogP contribution is 2.14. The van der Waals surface area contributed by atoms with Gasteiger partial charge in [-0.2, -0.15) is 0 Å². The SMILES string of the molecule is CCCCCC(CC(C)=O)NC(=O)CC(CCC(C)=O)NC(=O)CC(CCC(C)=O)NC(=O)CC(CCC(C)=O)NC(=O)CC(C)CCC(C)=O. The summed E-state index contributed by atoms with van der Waals surface area (Å²) in [5.74, 6) is -1.98. The van der Waals surface area contributed by atoms with Crippen LogP contribution in [0.15, 0.2) is 0 Å². The second-order valence-corrected chi connectivity index (χ2v) is 14.3. The van der Waals surface area contributed by atoms with Crippen molar-refractivity contribution in [3.8, 4) is 0 Å². The highest BCUT2D eigenvalue weighted by molar-refractivity contribution is 5.84. The van der Waals surface area contributed by atoms with Crippen LogP contribution in [0.4, 0.5) is 0 Å². The Balaban J connectivity index is 5.63. The number of carbonyl (C=O) groups is 9. The van der Waals surface area contributed by atoms with Gasteiger partial charge in [0.1, 0.15) is 28.9 Å². The largest absolute Gasteiger partial charge is 0.353 e. The minimum atomic E-state index is -0.738. The molecule has 0 aromatic heterocycles. The van der Waals surface area contributed by atoms with Crippen molar-refractivity contribution in [1.82, 2.24) is 21.3 Å². The van der Waals surface area contributed by atoms with Crippen LogP contribution < -0.4 is 21.3 Å². The predicted octanol–water partition coefficient (Wildman–Crippen LogP) is 4.16. The average Bonchev–Trinajstić information content (AvgIpc) is 2.99. The molecule has 13 heteroatoms. The zero-order chi connectivity index (χ0) is 38.9. The molecule has 4 N–H and O–H groups in total. The summed E-state index contributed by atoms with van der Waals surface area (Å²) in [6, 6.07) is -2.39. The molecule has 0 saturated heterocycles. The molecule has 5 unspecified atom stereocenters. The summed E-state index contributed by atoms with van der Waals surface area (Å²) in [5, 5.41) is 11.4. The molecule has 0 saturated carbocycles. The molecular weight excluding hydrogens is 656 g/mol. The Bertz CT molecular complexity index is 1190. The van der Waals surface area contributed by atoms with E-state index in [1.807, 2.05) is 6.92 Å². The molecule has 290 valence electrons. The smallest absolute Gasteiger partial charge is 0.222 e. The molecule has 0 aliphatic carbocycles. The lowest BCUT2D eigenvalue weighted by Gasteiger charge is -2.24. The summed E-state index contributed by atoms with van der Waals surface area (Å²) in [7, 11) is 0. The molecule has 0 bridgehead atoms. The first-order chi connectivity index (χ1) is 23.9. The lowest BCUT2D eigenvalue weighted by Crippen LogP contribution is -2.46. The number of unbranched alkanes of at least 4 members (excludes halogenated alkanes) is 2. The van der Waals surface area contributed by atoms with E-state index in [-0.39, 0.29) is 123 Å². The van der Waals surface area contributed by atoms with Crippen LogP contribution in [0.1, 0.15) is 158 Å². The van der Waals surface area contributed by atoms with Crippen LogP contribution in [0.25, 0.3) is 0 Å². The molecule has 5 atom stereocenters. The average molecular weight is 721 g/mol. The lowest BCUT2D eigenvalue weighted by atomic mass is 9.99. The van der Waals surface area contributed by atoms with E-state index in [0.29, 0.717) is 19.3 Å². The Morgan fingerprint density at radius 3 is 1.02 bits per heavy atom. The van der Waals surface area contributed by atoms with Crippen LogP contribution in [0.5, 0.6) is 0 Å². The maximum Gasteiger partial charge on any atom is 0.222 e.